The largest absolute Gasteiger partial charge is 0.494 e. The van der Waals surface area contributed by atoms with Crippen molar-refractivity contribution in [3.8, 4) is 11.6 Å². The predicted molar refractivity (Wildman–Crippen MR) is 77.1 cm³/mol. The van der Waals surface area contributed by atoms with Crippen LogP contribution in [-0.4, -0.2) is 30.7 Å². The van der Waals surface area contributed by atoms with Gasteiger partial charge in [-0.1, -0.05) is 13.0 Å². The second kappa shape index (κ2) is 6.99. The van der Waals surface area contributed by atoms with Gasteiger partial charge >= 0.3 is 0 Å². The SMILES string of the molecule is CCNC(c1ccc(F)c(OC)c1)c1nccnc1OC. The lowest BCUT2D eigenvalue weighted by Gasteiger charge is -2.20. The van der Waals surface area contributed by atoms with Gasteiger partial charge in [-0.3, -0.25) is 4.98 Å². The third-order valence-corrected chi connectivity index (χ3v) is 3.07. The van der Waals surface area contributed by atoms with Gasteiger partial charge in [-0.25, -0.2) is 9.37 Å². The van der Waals surface area contributed by atoms with Crippen LogP contribution in [0.25, 0.3) is 0 Å². The minimum absolute atomic E-state index is 0.193. The van der Waals surface area contributed by atoms with E-state index in [2.05, 4.69) is 15.3 Å². The Morgan fingerprint density at radius 3 is 2.62 bits per heavy atom. The second-order valence-electron chi connectivity index (χ2n) is 4.34. The highest BCUT2D eigenvalue weighted by Gasteiger charge is 2.21. The van der Waals surface area contributed by atoms with Gasteiger partial charge in [-0.05, 0) is 24.2 Å². The summed E-state index contributed by atoms with van der Waals surface area (Å²) in [6, 6.07) is 4.46. The first-order valence-corrected chi connectivity index (χ1v) is 6.63. The molecule has 2 aromatic rings. The van der Waals surface area contributed by atoms with Gasteiger partial charge in [0.05, 0.1) is 20.3 Å². The van der Waals surface area contributed by atoms with E-state index < -0.39 is 5.82 Å². The fourth-order valence-electron chi connectivity index (χ4n) is 2.12. The van der Waals surface area contributed by atoms with Crippen molar-refractivity contribution < 1.29 is 13.9 Å². The number of rotatable bonds is 6. The standard InChI is InChI=1S/C15H18FN3O2/c1-4-17-13(14-15(21-3)19-8-7-18-14)10-5-6-11(16)12(9-10)20-2/h5-9,13,17H,4H2,1-3H3. The summed E-state index contributed by atoms with van der Waals surface area (Å²) in [5.41, 5.74) is 1.48. The predicted octanol–water partition coefficient (Wildman–Crippen LogP) is 2.33. The molecule has 21 heavy (non-hydrogen) atoms. The van der Waals surface area contributed by atoms with Crippen molar-refractivity contribution in [1.82, 2.24) is 15.3 Å². The number of hydrogen-bond donors (Lipinski definition) is 1. The van der Waals surface area contributed by atoms with Gasteiger partial charge in [0.25, 0.3) is 0 Å². The molecular weight excluding hydrogens is 273 g/mol. The van der Waals surface area contributed by atoms with Gasteiger partial charge in [0, 0.05) is 12.4 Å². The van der Waals surface area contributed by atoms with Crippen LogP contribution in [0.4, 0.5) is 4.39 Å². The van der Waals surface area contributed by atoms with Crippen LogP contribution < -0.4 is 14.8 Å². The zero-order valence-electron chi connectivity index (χ0n) is 12.3. The summed E-state index contributed by atoms with van der Waals surface area (Å²) < 4.78 is 23.9. The summed E-state index contributed by atoms with van der Waals surface area (Å²) in [6.07, 6.45) is 3.17. The molecule has 1 aromatic carbocycles. The number of methoxy groups -OCH3 is 2. The highest BCUT2D eigenvalue weighted by Crippen LogP contribution is 2.29. The molecular formula is C15H18FN3O2. The molecule has 6 heteroatoms. The summed E-state index contributed by atoms with van der Waals surface area (Å²) in [4.78, 5) is 8.49. The smallest absolute Gasteiger partial charge is 0.237 e. The number of aromatic nitrogens is 2. The van der Waals surface area contributed by atoms with Crippen LogP contribution in [0.5, 0.6) is 11.6 Å². The summed E-state index contributed by atoms with van der Waals surface area (Å²) in [6.45, 7) is 2.70. The number of nitrogens with zero attached hydrogens (tertiary/aromatic N) is 2. The molecule has 1 heterocycles. The molecule has 0 amide bonds. The molecule has 5 nitrogen and oxygen atoms in total. The molecule has 1 atom stereocenters. The number of ether oxygens (including phenoxy) is 2. The Morgan fingerprint density at radius 1 is 1.19 bits per heavy atom. The number of nitrogens with one attached hydrogen (secondary N) is 1. The number of halogens is 1. The van der Waals surface area contributed by atoms with Crippen molar-refractivity contribution in [2.75, 3.05) is 20.8 Å². The van der Waals surface area contributed by atoms with Crippen LogP contribution in [0.15, 0.2) is 30.6 Å². The molecule has 0 saturated heterocycles. The molecule has 1 N–H and O–H groups in total. The average molecular weight is 291 g/mol. The Bertz CT molecular complexity index is 607. The minimum Gasteiger partial charge on any atom is -0.494 e. The first-order chi connectivity index (χ1) is 10.2. The van der Waals surface area contributed by atoms with E-state index in [0.717, 1.165) is 5.56 Å². The van der Waals surface area contributed by atoms with Crippen molar-refractivity contribution in [3.63, 3.8) is 0 Å². The fraction of sp³-hybridized carbons (Fsp3) is 0.333. The van der Waals surface area contributed by atoms with Gasteiger partial charge in [-0.2, -0.15) is 0 Å². The first-order valence-electron chi connectivity index (χ1n) is 6.63. The Morgan fingerprint density at radius 2 is 1.95 bits per heavy atom. The quantitative estimate of drug-likeness (QED) is 0.885. The molecule has 0 aliphatic heterocycles. The van der Waals surface area contributed by atoms with Crippen molar-refractivity contribution in [2.45, 2.75) is 13.0 Å². The minimum atomic E-state index is -0.400. The molecule has 0 spiro atoms. The monoisotopic (exact) mass is 291 g/mol. The lowest BCUT2D eigenvalue weighted by atomic mass is 10.0. The van der Waals surface area contributed by atoms with E-state index >= 15 is 0 Å². The summed E-state index contributed by atoms with van der Waals surface area (Å²) >= 11 is 0. The van der Waals surface area contributed by atoms with E-state index in [-0.39, 0.29) is 11.8 Å². The van der Waals surface area contributed by atoms with E-state index in [1.54, 1.807) is 31.6 Å². The zero-order valence-corrected chi connectivity index (χ0v) is 12.3. The van der Waals surface area contributed by atoms with Crippen LogP contribution in [0.1, 0.15) is 24.2 Å². The summed E-state index contributed by atoms with van der Waals surface area (Å²) in [5, 5.41) is 3.30. The van der Waals surface area contributed by atoms with Gasteiger partial charge in [0.1, 0.15) is 5.69 Å². The van der Waals surface area contributed by atoms with E-state index in [1.807, 2.05) is 6.92 Å². The maximum absolute atomic E-state index is 13.6. The Kier molecular flexibility index (Phi) is 5.05. The van der Waals surface area contributed by atoms with Gasteiger partial charge < -0.3 is 14.8 Å². The highest BCUT2D eigenvalue weighted by atomic mass is 19.1. The molecule has 1 aromatic heterocycles. The van der Waals surface area contributed by atoms with Crippen molar-refractivity contribution in [2.24, 2.45) is 0 Å². The van der Waals surface area contributed by atoms with Gasteiger partial charge in [-0.15, -0.1) is 0 Å². The van der Waals surface area contributed by atoms with E-state index in [0.29, 0.717) is 18.1 Å². The molecule has 0 radical (unpaired) electrons. The van der Waals surface area contributed by atoms with Crippen LogP contribution in [0.2, 0.25) is 0 Å². The van der Waals surface area contributed by atoms with Crippen LogP contribution in [-0.2, 0) is 0 Å². The van der Waals surface area contributed by atoms with Crippen LogP contribution in [0, 0.1) is 5.82 Å². The molecule has 112 valence electrons. The number of benzene rings is 1. The Balaban J connectivity index is 2.48. The summed E-state index contributed by atoms with van der Waals surface area (Å²) in [5.74, 6) is 0.229. The van der Waals surface area contributed by atoms with Gasteiger partial charge in [0.2, 0.25) is 5.88 Å². The highest BCUT2D eigenvalue weighted by molar-refractivity contribution is 5.38. The second-order valence-corrected chi connectivity index (χ2v) is 4.34. The third-order valence-electron chi connectivity index (χ3n) is 3.07. The average Bonchev–Trinajstić information content (AvgIpc) is 2.53. The normalized spacial score (nSPS) is 12.0. The molecule has 0 fully saturated rings. The first kappa shape index (κ1) is 15.2. The molecule has 0 aliphatic carbocycles. The third kappa shape index (κ3) is 3.28. The molecule has 0 bridgehead atoms. The summed E-state index contributed by atoms with van der Waals surface area (Å²) in [7, 11) is 2.98. The maximum Gasteiger partial charge on any atom is 0.237 e. The van der Waals surface area contributed by atoms with Crippen molar-refractivity contribution in [1.29, 1.82) is 0 Å². The molecule has 0 saturated carbocycles. The van der Waals surface area contributed by atoms with E-state index in [1.165, 1.54) is 13.2 Å². The zero-order chi connectivity index (χ0) is 15.2. The molecule has 0 aliphatic rings. The fourth-order valence-corrected chi connectivity index (χ4v) is 2.12. The van der Waals surface area contributed by atoms with Crippen molar-refractivity contribution in [3.05, 3.63) is 47.7 Å². The van der Waals surface area contributed by atoms with Crippen molar-refractivity contribution >= 4 is 0 Å². The van der Waals surface area contributed by atoms with E-state index in [9.17, 15) is 4.39 Å². The Hall–Kier alpha value is -2.21. The maximum atomic E-state index is 13.6. The lowest BCUT2D eigenvalue weighted by molar-refractivity contribution is 0.379. The number of hydrogen-bond acceptors (Lipinski definition) is 5. The van der Waals surface area contributed by atoms with Crippen LogP contribution in [0.3, 0.4) is 0 Å². The topological polar surface area (TPSA) is 56.3 Å². The Labute approximate surface area is 123 Å². The van der Waals surface area contributed by atoms with Crippen LogP contribution >= 0.6 is 0 Å². The molecule has 1 unspecified atom stereocenters. The molecule has 2 rings (SSSR count). The lowest BCUT2D eigenvalue weighted by Crippen LogP contribution is -2.24. The van der Waals surface area contributed by atoms with Gasteiger partial charge in [0.15, 0.2) is 11.6 Å². The van der Waals surface area contributed by atoms with E-state index in [4.69, 9.17) is 9.47 Å².